The fourth-order valence-corrected chi connectivity index (χ4v) is 2.78. The molecule has 2 aromatic carbocycles. The fourth-order valence-electron chi connectivity index (χ4n) is 2.61. The van der Waals surface area contributed by atoms with Gasteiger partial charge in [-0.2, -0.15) is 9.78 Å². The quantitative estimate of drug-likeness (QED) is 0.340. The van der Waals surface area contributed by atoms with E-state index in [2.05, 4.69) is 15.1 Å². The van der Waals surface area contributed by atoms with Crippen LogP contribution in [-0.2, 0) is 0 Å². The number of H-pyrrole nitrogens is 1. The van der Waals surface area contributed by atoms with Crippen molar-refractivity contribution in [1.29, 1.82) is 0 Å². The van der Waals surface area contributed by atoms with Crippen molar-refractivity contribution in [2.75, 3.05) is 0 Å². The Morgan fingerprint density at radius 3 is 2.73 bits per heavy atom. The van der Waals surface area contributed by atoms with Gasteiger partial charge in [-0.15, -0.1) is 0 Å². The summed E-state index contributed by atoms with van der Waals surface area (Å²) in [7, 11) is 0. The minimum absolute atomic E-state index is 0.0147. The third-order valence-corrected chi connectivity index (χ3v) is 4.12. The maximum Gasteiger partial charge on any atom is 0.298 e. The summed E-state index contributed by atoms with van der Waals surface area (Å²) in [6.07, 6.45) is 2.75. The average molecular weight is 368 g/mol. The lowest BCUT2D eigenvalue weighted by Crippen LogP contribution is -2.17. The van der Waals surface area contributed by atoms with Crippen molar-refractivity contribution < 1.29 is 4.92 Å². The molecule has 2 aromatic heterocycles. The lowest BCUT2D eigenvalue weighted by Gasteiger charge is -1.98. The number of nitrogens with one attached hydrogen (secondary N) is 1. The van der Waals surface area contributed by atoms with Gasteiger partial charge in [0.25, 0.3) is 11.2 Å². The van der Waals surface area contributed by atoms with Gasteiger partial charge >= 0.3 is 0 Å². The van der Waals surface area contributed by atoms with E-state index in [1.807, 2.05) is 0 Å². The SMILES string of the molecule is O=c1c2[nH]c3ccc(Cl)cc3c2ncn1/N=C/c1ccc([N+](=O)[O-])cc1. The molecule has 0 unspecified atom stereocenters. The number of non-ortho nitro benzene ring substituents is 1. The molecule has 26 heavy (non-hydrogen) atoms. The Hall–Kier alpha value is -3.52. The highest BCUT2D eigenvalue weighted by Crippen LogP contribution is 2.24. The summed E-state index contributed by atoms with van der Waals surface area (Å²) in [6.45, 7) is 0. The molecule has 0 aliphatic carbocycles. The molecule has 9 heteroatoms. The molecule has 4 rings (SSSR count). The molecule has 0 radical (unpaired) electrons. The summed E-state index contributed by atoms with van der Waals surface area (Å²) in [6, 6.07) is 11.1. The molecule has 2 heterocycles. The summed E-state index contributed by atoms with van der Waals surface area (Å²) in [5.41, 5.74) is 1.84. The van der Waals surface area contributed by atoms with Crippen LogP contribution >= 0.6 is 11.6 Å². The molecule has 0 aliphatic rings. The van der Waals surface area contributed by atoms with E-state index in [0.717, 1.165) is 15.6 Å². The largest absolute Gasteiger partial charge is 0.349 e. The summed E-state index contributed by atoms with van der Waals surface area (Å²) < 4.78 is 1.10. The molecule has 8 nitrogen and oxygen atoms in total. The van der Waals surface area contributed by atoms with Gasteiger partial charge in [-0.05, 0) is 35.9 Å². The zero-order valence-electron chi connectivity index (χ0n) is 13.1. The summed E-state index contributed by atoms with van der Waals surface area (Å²) in [4.78, 5) is 30.1. The number of benzene rings is 2. The van der Waals surface area contributed by atoms with E-state index < -0.39 is 4.92 Å². The number of nitro benzene ring substituents is 1. The second-order valence-electron chi connectivity index (χ2n) is 5.53. The van der Waals surface area contributed by atoms with Gasteiger partial charge in [-0.3, -0.25) is 14.9 Å². The molecular weight excluding hydrogens is 358 g/mol. The van der Waals surface area contributed by atoms with E-state index in [1.165, 1.54) is 24.7 Å². The molecule has 0 saturated heterocycles. The number of nitrogens with zero attached hydrogens (tertiary/aromatic N) is 4. The van der Waals surface area contributed by atoms with Crippen molar-refractivity contribution >= 4 is 45.4 Å². The van der Waals surface area contributed by atoms with E-state index in [9.17, 15) is 14.9 Å². The van der Waals surface area contributed by atoms with Crippen molar-refractivity contribution in [3.8, 4) is 0 Å². The maximum atomic E-state index is 12.6. The van der Waals surface area contributed by atoms with Crippen LogP contribution in [0, 0.1) is 10.1 Å². The standard InChI is InChI=1S/C17H10ClN5O3/c18-11-3-6-14-13(7-11)15-16(21-14)17(24)22(9-19-15)20-8-10-1-4-12(5-2-10)23(25)26/h1-9,21H/b20-8+. The molecule has 128 valence electrons. The van der Waals surface area contributed by atoms with Crippen LogP contribution in [0.5, 0.6) is 0 Å². The van der Waals surface area contributed by atoms with E-state index in [0.29, 0.717) is 21.6 Å². The zero-order chi connectivity index (χ0) is 18.3. The fraction of sp³-hybridized carbons (Fsp3) is 0. The van der Waals surface area contributed by atoms with Crippen LogP contribution in [0.3, 0.4) is 0 Å². The molecule has 0 amide bonds. The lowest BCUT2D eigenvalue weighted by molar-refractivity contribution is -0.384. The Balaban J connectivity index is 1.75. The van der Waals surface area contributed by atoms with Crippen molar-refractivity contribution in [2.24, 2.45) is 5.10 Å². The highest BCUT2D eigenvalue weighted by atomic mass is 35.5. The zero-order valence-corrected chi connectivity index (χ0v) is 13.8. The first-order valence-corrected chi connectivity index (χ1v) is 7.88. The smallest absolute Gasteiger partial charge is 0.298 e. The van der Waals surface area contributed by atoms with Gasteiger partial charge in [0, 0.05) is 28.1 Å². The van der Waals surface area contributed by atoms with Crippen LogP contribution in [-0.4, -0.2) is 25.8 Å². The van der Waals surface area contributed by atoms with Crippen molar-refractivity contribution in [2.45, 2.75) is 0 Å². The van der Waals surface area contributed by atoms with Crippen LogP contribution in [0.4, 0.5) is 5.69 Å². The number of rotatable bonds is 3. The predicted octanol–water partition coefficient (Wildman–Crippen LogP) is 3.32. The molecule has 0 aliphatic heterocycles. The topological polar surface area (TPSA) is 106 Å². The Morgan fingerprint density at radius 1 is 1.23 bits per heavy atom. The molecular formula is C17H10ClN5O3. The average Bonchev–Trinajstić information content (AvgIpc) is 3.00. The Labute approximate surface area is 150 Å². The van der Waals surface area contributed by atoms with Crippen LogP contribution in [0.25, 0.3) is 21.9 Å². The second-order valence-corrected chi connectivity index (χ2v) is 5.96. The highest BCUT2D eigenvalue weighted by molar-refractivity contribution is 6.31. The van der Waals surface area contributed by atoms with Gasteiger partial charge in [-0.25, -0.2) is 4.98 Å². The number of aromatic nitrogens is 3. The number of hydrogen-bond acceptors (Lipinski definition) is 5. The molecule has 1 N–H and O–H groups in total. The molecule has 0 atom stereocenters. The minimum Gasteiger partial charge on any atom is -0.349 e. The first kappa shape index (κ1) is 16.0. The van der Waals surface area contributed by atoms with Crippen LogP contribution in [0.1, 0.15) is 5.56 Å². The van der Waals surface area contributed by atoms with Crippen LogP contribution < -0.4 is 5.56 Å². The number of aromatic amines is 1. The van der Waals surface area contributed by atoms with Gasteiger partial charge in [0.15, 0.2) is 0 Å². The normalized spacial score (nSPS) is 11.6. The maximum absolute atomic E-state index is 12.6. The number of halogens is 1. The van der Waals surface area contributed by atoms with Crippen LogP contribution in [0.15, 0.2) is 58.7 Å². The van der Waals surface area contributed by atoms with Crippen molar-refractivity contribution in [1.82, 2.24) is 14.6 Å². The lowest BCUT2D eigenvalue weighted by atomic mass is 10.2. The first-order chi connectivity index (χ1) is 12.5. The van der Waals surface area contributed by atoms with Gasteiger partial charge in [-0.1, -0.05) is 11.6 Å². The predicted molar refractivity (Wildman–Crippen MR) is 99.0 cm³/mol. The van der Waals surface area contributed by atoms with Crippen molar-refractivity contribution in [3.63, 3.8) is 0 Å². The van der Waals surface area contributed by atoms with Gasteiger partial charge in [0.05, 0.1) is 11.1 Å². The number of fused-ring (bicyclic) bond motifs is 3. The molecule has 0 spiro atoms. The monoisotopic (exact) mass is 367 g/mol. The number of nitro groups is 1. The third-order valence-electron chi connectivity index (χ3n) is 3.89. The molecule has 0 saturated carbocycles. The van der Waals surface area contributed by atoms with Gasteiger partial charge in [0.1, 0.15) is 17.4 Å². The second kappa shape index (κ2) is 6.08. The third kappa shape index (κ3) is 2.72. The highest BCUT2D eigenvalue weighted by Gasteiger charge is 2.11. The summed E-state index contributed by atoms with van der Waals surface area (Å²) in [5, 5.41) is 16.1. The van der Waals surface area contributed by atoms with E-state index in [-0.39, 0.29) is 11.2 Å². The Bertz CT molecular complexity index is 1240. The van der Waals surface area contributed by atoms with E-state index in [4.69, 9.17) is 11.6 Å². The Kier molecular flexibility index (Phi) is 3.74. The first-order valence-electron chi connectivity index (χ1n) is 7.50. The van der Waals surface area contributed by atoms with Gasteiger partial charge < -0.3 is 4.98 Å². The molecule has 0 fully saturated rings. The summed E-state index contributed by atoms with van der Waals surface area (Å²) >= 11 is 6.00. The summed E-state index contributed by atoms with van der Waals surface area (Å²) in [5.74, 6) is 0. The Morgan fingerprint density at radius 2 is 2.00 bits per heavy atom. The number of hydrogen-bond donors (Lipinski definition) is 1. The van der Waals surface area contributed by atoms with E-state index >= 15 is 0 Å². The molecule has 4 aromatic rings. The van der Waals surface area contributed by atoms with Crippen molar-refractivity contribution in [3.05, 3.63) is 79.8 Å². The van der Waals surface area contributed by atoms with Crippen LogP contribution in [0.2, 0.25) is 5.02 Å². The minimum atomic E-state index is -0.481. The molecule has 0 bridgehead atoms. The van der Waals surface area contributed by atoms with Gasteiger partial charge in [0.2, 0.25) is 0 Å². The van der Waals surface area contributed by atoms with E-state index in [1.54, 1.807) is 30.3 Å².